The molecule has 1 aliphatic rings. The van der Waals surface area contributed by atoms with Gasteiger partial charge in [-0.05, 0) is 66.8 Å². The van der Waals surface area contributed by atoms with Crippen LogP contribution in [0.15, 0.2) is 94.9 Å². The first-order valence-corrected chi connectivity index (χ1v) is 11.8. The lowest BCUT2D eigenvalue weighted by Crippen LogP contribution is -2.03. The van der Waals surface area contributed by atoms with Crippen LogP contribution in [0.3, 0.4) is 0 Å². The van der Waals surface area contributed by atoms with Crippen molar-refractivity contribution in [3.63, 3.8) is 0 Å². The van der Waals surface area contributed by atoms with Crippen molar-refractivity contribution >= 4 is 44.3 Å². The van der Waals surface area contributed by atoms with Crippen LogP contribution in [-0.4, -0.2) is 15.6 Å². The fraction of sp³-hybridized carbons (Fsp3) is 0.167. The van der Waals surface area contributed by atoms with Crippen molar-refractivity contribution in [2.75, 3.05) is 0 Å². The topological polar surface area (TPSA) is 55.4 Å². The maximum Gasteiger partial charge on any atom is 0.303 e. The van der Waals surface area contributed by atoms with E-state index in [1.165, 1.54) is 32.9 Å². The second kappa shape index (κ2) is 8.38. The van der Waals surface area contributed by atoms with Crippen LogP contribution < -0.4 is 0 Å². The molecular weight excluding hydrogens is 422 g/mol. The van der Waals surface area contributed by atoms with Gasteiger partial charge in [-0.15, -0.1) is 0 Å². The van der Waals surface area contributed by atoms with Gasteiger partial charge in [0, 0.05) is 22.9 Å². The Morgan fingerprint density at radius 1 is 0.882 bits per heavy atom. The summed E-state index contributed by atoms with van der Waals surface area (Å²) in [5, 5.41) is 13.7. The number of para-hydroxylation sites is 1. The number of nitrogens with zero attached hydrogens (tertiary/aromatic N) is 1. The smallest absolute Gasteiger partial charge is 0.303 e. The highest BCUT2D eigenvalue weighted by molar-refractivity contribution is 6.09. The third-order valence-electron chi connectivity index (χ3n) is 6.78. The summed E-state index contributed by atoms with van der Waals surface area (Å²) in [7, 11) is 0. The number of fused-ring (bicyclic) bond motifs is 4. The fourth-order valence-corrected chi connectivity index (χ4v) is 5.09. The minimum Gasteiger partial charge on any atom is -0.481 e. The zero-order valence-corrected chi connectivity index (χ0v) is 18.8. The minimum absolute atomic E-state index is 0.222. The molecule has 2 aromatic heterocycles. The van der Waals surface area contributed by atoms with Crippen LogP contribution in [0.25, 0.3) is 49.8 Å². The molecule has 0 saturated heterocycles. The summed E-state index contributed by atoms with van der Waals surface area (Å²) in [5.41, 5.74) is 5.65. The Bertz CT molecular complexity index is 1580. The molecule has 4 heteroatoms. The van der Waals surface area contributed by atoms with Gasteiger partial charge in [-0.3, -0.25) is 4.79 Å². The molecular formula is C30H25NO3. The summed E-state index contributed by atoms with van der Waals surface area (Å²) in [6.07, 6.45) is 7.97. The molecule has 5 aromatic rings. The molecule has 1 aliphatic carbocycles. The number of rotatable bonds is 6. The van der Waals surface area contributed by atoms with Crippen LogP contribution in [0.2, 0.25) is 0 Å². The molecule has 4 nitrogen and oxygen atoms in total. The molecule has 0 radical (unpaired) electrons. The van der Waals surface area contributed by atoms with Crippen molar-refractivity contribution < 1.29 is 14.3 Å². The van der Waals surface area contributed by atoms with Crippen LogP contribution in [0.5, 0.6) is 0 Å². The highest BCUT2D eigenvalue weighted by Crippen LogP contribution is 2.39. The number of hydrogen-bond donors (Lipinski definition) is 1. The maximum atomic E-state index is 10.9. The molecule has 6 rings (SSSR count). The lowest BCUT2D eigenvalue weighted by atomic mass is 9.97. The highest BCUT2D eigenvalue weighted by Gasteiger charge is 2.20. The number of carboxylic acid groups (broad SMARTS) is 1. The van der Waals surface area contributed by atoms with E-state index in [0.717, 1.165) is 41.7 Å². The van der Waals surface area contributed by atoms with Gasteiger partial charge in [0.1, 0.15) is 5.58 Å². The van der Waals surface area contributed by atoms with Crippen LogP contribution in [0.1, 0.15) is 32.1 Å². The molecule has 0 amide bonds. The second-order valence-electron chi connectivity index (χ2n) is 8.96. The van der Waals surface area contributed by atoms with E-state index < -0.39 is 5.97 Å². The van der Waals surface area contributed by atoms with Crippen LogP contribution in [-0.2, 0) is 4.79 Å². The van der Waals surface area contributed by atoms with E-state index >= 15 is 0 Å². The van der Waals surface area contributed by atoms with Crippen LogP contribution >= 0.6 is 0 Å². The molecule has 0 spiro atoms. The van der Waals surface area contributed by atoms with Gasteiger partial charge in [-0.1, -0.05) is 60.2 Å². The average molecular weight is 448 g/mol. The van der Waals surface area contributed by atoms with Gasteiger partial charge >= 0.3 is 5.97 Å². The first kappa shape index (κ1) is 20.5. The van der Waals surface area contributed by atoms with Gasteiger partial charge in [0.2, 0.25) is 0 Å². The number of allylic oxidation sites excluding steroid dienone is 4. The van der Waals surface area contributed by atoms with E-state index in [4.69, 9.17) is 9.52 Å². The van der Waals surface area contributed by atoms with E-state index in [-0.39, 0.29) is 6.42 Å². The number of aromatic nitrogens is 1. The molecule has 0 atom stereocenters. The predicted molar refractivity (Wildman–Crippen MR) is 138 cm³/mol. The van der Waals surface area contributed by atoms with Gasteiger partial charge < -0.3 is 14.1 Å². The van der Waals surface area contributed by atoms with E-state index in [2.05, 4.69) is 71.3 Å². The summed E-state index contributed by atoms with van der Waals surface area (Å²) in [5.74, 6) is 0.132. The number of furan rings is 1. The van der Waals surface area contributed by atoms with Gasteiger partial charge in [-0.2, -0.15) is 0 Å². The zero-order valence-electron chi connectivity index (χ0n) is 18.8. The summed E-state index contributed by atoms with van der Waals surface area (Å²) >= 11 is 0. The van der Waals surface area contributed by atoms with Gasteiger partial charge in [0.05, 0.1) is 11.2 Å². The number of benzene rings is 3. The maximum absolute atomic E-state index is 10.9. The Kier molecular flexibility index (Phi) is 5.06. The monoisotopic (exact) mass is 447 g/mol. The number of aliphatic carboxylic acids is 1. The number of carbonyl (C=O) groups is 1. The van der Waals surface area contributed by atoms with Crippen molar-refractivity contribution in [1.82, 2.24) is 4.57 Å². The van der Waals surface area contributed by atoms with Crippen molar-refractivity contribution in [2.24, 2.45) is 0 Å². The molecule has 2 heterocycles. The van der Waals surface area contributed by atoms with Crippen LogP contribution in [0, 0.1) is 0 Å². The van der Waals surface area contributed by atoms with Crippen molar-refractivity contribution in [1.29, 1.82) is 0 Å². The van der Waals surface area contributed by atoms with Crippen LogP contribution in [0.4, 0.5) is 0 Å². The van der Waals surface area contributed by atoms with Crippen molar-refractivity contribution in [2.45, 2.75) is 32.1 Å². The average Bonchev–Trinajstić information content (AvgIpc) is 3.46. The van der Waals surface area contributed by atoms with E-state index in [9.17, 15) is 4.79 Å². The lowest BCUT2D eigenvalue weighted by molar-refractivity contribution is -0.137. The molecule has 3 aromatic carbocycles. The fourth-order valence-electron chi connectivity index (χ4n) is 5.09. The lowest BCUT2D eigenvalue weighted by Gasteiger charge is -2.19. The van der Waals surface area contributed by atoms with Crippen molar-refractivity contribution in [3.05, 3.63) is 90.5 Å². The SMILES string of the molecule is O=C(O)CCCC1=CC=C(n2c(-c3cc4ccccc4o3)cc3c4ccccc4ccc32)CC1. The Balaban J connectivity index is 1.50. The molecule has 0 unspecified atom stereocenters. The Hall–Kier alpha value is -4.05. The predicted octanol–water partition coefficient (Wildman–Crippen LogP) is 8.02. The first-order valence-electron chi connectivity index (χ1n) is 11.8. The molecule has 0 saturated carbocycles. The third-order valence-corrected chi connectivity index (χ3v) is 6.78. The normalized spacial score (nSPS) is 14.0. The molecule has 1 N–H and O–H groups in total. The molecule has 0 fully saturated rings. The molecule has 0 aliphatic heterocycles. The summed E-state index contributed by atoms with van der Waals surface area (Å²) in [4.78, 5) is 10.9. The Morgan fingerprint density at radius 3 is 2.50 bits per heavy atom. The largest absolute Gasteiger partial charge is 0.481 e. The number of carboxylic acids is 1. The van der Waals surface area contributed by atoms with Gasteiger partial charge in [-0.25, -0.2) is 0 Å². The third kappa shape index (κ3) is 3.61. The Morgan fingerprint density at radius 2 is 1.71 bits per heavy atom. The van der Waals surface area contributed by atoms with E-state index in [0.29, 0.717) is 6.42 Å². The second-order valence-corrected chi connectivity index (χ2v) is 8.96. The van der Waals surface area contributed by atoms with E-state index in [1.807, 2.05) is 18.2 Å². The first-order chi connectivity index (χ1) is 16.7. The van der Waals surface area contributed by atoms with Crippen molar-refractivity contribution in [3.8, 4) is 11.5 Å². The summed E-state index contributed by atoms with van der Waals surface area (Å²) in [6, 6.07) is 25.4. The quantitative estimate of drug-likeness (QED) is 0.287. The van der Waals surface area contributed by atoms with Gasteiger partial charge in [0.15, 0.2) is 5.76 Å². The standard InChI is InChI=1S/C30H25NO3/c32-30(33)11-5-6-20-12-15-23(16-13-20)31-26-17-14-21-7-1-3-9-24(21)25(26)19-27(31)29-18-22-8-2-4-10-28(22)34-29/h1-4,7-10,12,14-15,17-19H,5-6,11,13,16H2,(H,32,33). The highest BCUT2D eigenvalue weighted by atomic mass is 16.4. The molecule has 34 heavy (non-hydrogen) atoms. The van der Waals surface area contributed by atoms with Gasteiger partial charge in [0.25, 0.3) is 0 Å². The minimum atomic E-state index is -0.728. The van der Waals surface area contributed by atoms with E-state index in [1.54, 1.807) is 0 Å². The summed E-state index contributed by atoms with van der Waals surface area (Å²) in [6.45, 7) is 0. The summed E-state index contributed by atoms with van der Waals surface area (Å²) < 4.78 is 8.64. The molecule has 168 valence electrons. The number of hydrogen-bond acceptors (Lipinski definition) is 2. The zero-order chi connectivity index (χ0) is 23.1. The Labute approximate surface area is 197 Å². The molecule has 0 bridgehead atoms.